The second-order valence-corrected chi connectivity index (χ2v) is 10.8. The van der Waals surface area contributed by atoms with Gasteiger partial charge in [-0.2, -0.15) is 13.1 Å². The molecule has 0 saturated carbocycles. The van der Waals surface area contributed by atoms with Crippen molar-refractivity contribution in [1.82, 2.24) is 14.3 Å². The summed E-state index contributed by atoms with van der Waals surface area (Å²) in [5.41, 5.74) is 0.234. The summed E-state index contributed by atoms with van der Waals surface area (Å²) in [5.74, 6) is -5.03. The molecule has 12 heteroatoms. The number of ketones is 1. The quantitative estimate of drug-likeness (QED) is 0.383. The Kier molecular flexibility index (Phi) is 7.43. The lowest BCUT2D eigenvalue weighted by Crippen LogP contribution is -2.40. The van der Waals surface area contributed by atoms with Crippen LogP contribution in [0, 0.1) is 11.6 Å². The summed E-state index contributed by atoms with van der Waals surface area (Å²) in [6.45, 7) is 0.168. The number of aromatic nitrogens is 2. The van der Waals surface area contributed by atoms with Crippen molar-refractivity contribution in [3.05, 3.63) is 77.8 Å². The Hall–Kier alpha value is -3.25. The molecular weight excluding hydrogens is 517 g/mol. The average molecular weight is 540 g/mol. The van der Waals surface area contributed by atoms with E-state index in [-0.39, 0.29) is 35.4 Å². The zero-order valence-corrected chi connectivity index (χ0v) is 20.4. The van der Waals surface area contributed by atoms with Gasteiger partial charge in [-0.3, -0.25) is 14.8 Å². The van der Waals surface area contributed by atoms with E-state index in [0.29, 0.717) is 12.5 Å². The van der Waals surface area contributed by atoms with Gasteiger partial charge in [-0.25, -0.2) is 21.6 Å². The number of aryl methyl sites for hydroxylation is 1. The number of carbonyl (C=O) groups is 1. The molecule has 0 N–H and O–H groups in total. The largest absolute Gasteiger partial charge is 0.298 e. The van der Waals surface area contributed by atoms with Crippen molar-refractivity contribution >= 4 is 15.8 Å². The van der Waals surface area contributed by atoms with Gasteiger partial charge in [-0.1, -0.05) is 0 Å². The molecule has 1 aliphatic heterocycles. The number of Topliss-reactive ketones (excluding diaryl/α,β-unsaturated/α-hetero) is 1. The molecule has 0 unspecified atom stereocenters. The van der Waals surface area contributed by atoms with Crippen LogP contribution in [-0.4, -0.2) is 47.2 Å². The molecule has 1 saturated heterocycles. The van der Waals surface area contributed by atoms with Crippen molar-refractivity contribution in [1.29, 1.82) is 0 Å². The number of sulfonamides is 1. The maximum Gasteiger partial charge on any atom is 0.288 e. The fourth-order valence-electron chi connectivity index (χ4n) is 4.14. The number of rotatable bonds is 8. The van der Waals surface area contributed by atoms with Crippen LogP contribution in [-0.2, 0) is 27.2 Å². The van der Waals surface area contributed by atoms with E-state index in [0.717, 1.165) is 47.0 Å². The Morgan fingerprint density at radius 2 is 1.76 bits per heavy atom. The number of halogens is 5. The van der Waals surface area contributed by atoms with Gasteiger partial charge in [-0.15, -0.1) is 0 Å². The summed E-state index contributed by atoms with van der Waals surface area (Å²) >= 11 is 0. The Bertz CT molecular complexity index is 1390. The molecule has 1 aliphatic rings. The van der Waals surface area contributed by atoms with Gasteiger partial charge in [0.1, 0.15) is 23.5 Å². The third-order valence-corrected chi connectivity index (χ3v) is 7.90. The van der Waals surface area contributed by atoms with Gasteiger partial charge in [0.05, 0.1) is 29.0 Å². The Morgan fingerprint density at radius 3 is 2.38 bits per heavy atom. The first-order valence-corrected chi connectivity index (χ1v) is 12.7. The highest BCUT2D eigenvalue weighted by molar-refractivity contribution is 7.89. The zero-order chi connectivity index (χ0) is 27.0. The van der Waals surface area contributed by atoms with E-state index in [4.69, 9.17) is 0 Å². The summed E-state index contributed by atoms with van der Waals surface area (Å²) in [6.07, 6.45) is -0.0798. The SMILES string of the molecule is CC(F)(F)c1cnc(-c2cc(F)cc(CCC(=O)[C@@H]3C[C@@H](F)CN3S(=O)(=O)c3ccc(F)cc3)c2)cn1. The van der Waals surface area contributed by atoms with Crippen LogP contribution in [0.3, 0.4) is 0 Å². The Balaban J connectivity index is 1.50. The maximum atomic E-state index is 14.3. The smallest absolute Gasteiger partial charge is 0.288 e. The summed E-state index contributed by atoms with van der Waals surface area (Å²) in [7, 11) is -4.25. The van der Waals surface area contributed by atoms with Crippen LogP contribution in [0.4, 0.5) is 22.0 Å². The lowest BCUT2D eigenvalue weighted by Gasteiger charge is -2.23. The monoisotopic (exact) mass is 539 g/mol. The highest BCUT2D eigenvalue weighted by Gasteiger charge is 2.43. The van der Waals surface area contributed by atoms with E-state index in [2.05, 4.69) is 9.97 Å². The second kappa shape index (κ2) is 10.3. The van der Waals surface area contributed by atoms with E-state index >= 15 is 0 Å². The number of benzene rings is 2. The summed E-state index contributed by atoms with van der Waals surface area (Å²) < 4.78 is 95.3. The molecule has 2 atom stereocenters. The zero-order valence-electron chi connectivity index (χ0n) is 19.5. The van der Waals surface area contributed by atoms with Crippen molar-refractivity contribution < 1.29 is 35.2 Å². The maximum absolute atomic E-state index is 14.3. The first-order valence-electron chi connectivity index (χ1n) is 11.3. The standard InChI is InChI=1S/C25H22F5N3O3S/c1-25(29,30)24-13-31-21(12-32-24)16-8-15(9-18(27)10-16)2-7-23(34)22-11-19(28)14-33(22)37(35,36)20-5-3-17(26)4-6-20/h3-6,8-10,12-13,19,22H,2,7,11,14H2,1H3/t19-,22+/m1/s1. The Morgan fingerprint density at radius 1 is 1.05 bits per heavy atom. The normalized spacial score (nSPS) is 18.8. The molecule has 1 fully saturated rings. The molecule has 1 aromatic heterocycles. The highest BCUT2D eigenvalue weighted by Crippen LogP contribution is 2.30. The number of hydrogen-bond acceptors (Lipinski definition) is 5. The lowest BCUT2D eigenvalue weighted by molar-refractivity contribution is -0.122. The molecule has 196 valence electrons. The predicted molar refractivity (Wildman–Crippen MR) is 124 cm³/mol. The van der Waals surface area contributed by atoms with Crippen LogP contribution >= 0.6 is 0 Å². The fourth-order valence-corrected chi connectivity index (χ4v) is 5.78. The van der Waals surface area contributed by atoms with E-state index in [1.807, 2.05) is 0 Å². The average Bonchev–Trinajstić information content (AvgIpc) is 3.25. The highest BCUT2D eigenvalue weighted by atomic mass is 32.2. The summed E-state index contributed by atoms with van der Waals surface area (Å²) in [4.78, 5) is 20.3. The molecule has 6 nitrogen and oxygen atoms in total. The molecule has 0 aliphatic carbocycles. The number of carbonyl (C=O) groups excluding carboxylic acids is 1. The topological polar surface area (TPSA) is 80.2 Å². The van der Waals surface area contributed by atoms with Crippen LogP contribution in [0.2, 0.25) is 0 Å². The Labute approximate surface area is 210 Å². The molecule has 0 amide bonds. The van der Waals surface area contributed by atoms with Crippen LogP contribution in [0.15, 0.2) is 59.8 Å². The van der Waals surface area contributed by atoms with Gasteiger partial charge in [0.2, 0.25) is 10.0 Å². The van der Waals surface area contributed by atoms with Crippen molar-refractivity contribution in [2.24, 2.45) is 0 Å². The minimum absolute atomic E-state index is 0.0139. The van der Waals surface area contributed by atoms with Crippen molar-refractivity contribution in [3.63, 3.8) is 0 Å². The fraction of sp³-hybridized carbons (Fsp3) is 0.320. The molecule has 2 aromatic carbocycles. The van der Waals surface area contributed by atoms with Crippen molar-refractivity contribution in [3.8, 4) is 11.3 Å². The number of nitrogens with zero attached hydrogens (tertiary/aromatic N) is 3. The van der Waals surface area contributed by atoms with E-state index in [1.165, 1.54) is 12.1 Å². The molecule has 0 bridgehead atoms. The van der Waals surface area contributed by atoms with Gasteiger partial charge in [-0.05, 0) is 54.4 Å². The minimum atomic E-state index is -4.25. The van der Waals surface area contributed by atoms with E-state index in [1.54, 1.807) is 0 Å². The first-order chi connectivity index (χ1) is 17.3. The van der Waals surface area contributed by atoms with E-state index < -0.39 is 57.8 Å². The van der Waals surface area contributed by atoms with Crippen LogP contribution in [0.25, 0.3) is 11.3 Å². The van der Waals surface area contributed by atoms with E-state index in [9.17, 15) is 35.2 Å². The summed E-state index contributed by atoms with van der Waals surface area (Å²) in [6, 6.07) is 6.59. The first kappa shape index (κ1) is 26.8. The molecule has 3 aromatic rings. The molecular formula is C25H22F5N3O3S. The second-order valence-electron chi connectivity index (χ2n) is 8.87. The molecule has 0 radical (unpaired) electrons. The summed E-state index contributed by atoms with van der Waals surface area (Å²) in [5, 5.41) is 0. The van der Waals surface area contributed by atoms with Gasteiger partial charge >= 0.3 is 0 Å². The third-order valence-electron chi connectivity index (χ3n) is 6.01. The van der Waals surface area contributed by atoms with Crippen molar-refractivity contribution in [2.75, 3.05) is 6.54 Å². The van der Waals surface area contributed by atoms with Crippen molar-refractivity contribution in [2.45, 2.75) is 49.2 Å². The number of hydrogen-bond donors (Lipinski definition) is 0. The van der Waals surface area contributed by atoms with Crippen LogP contribution in [0.1, 0.15) is 31.0 Å². The van der Waals surface area contributed by atoms with Crippen LogP contribution < -0.4 is 0 Å². The van der Waals surface area contributed by atoms with Crippen LogP contribution in [0.5, 0.6) is 0 Å². The molecule has 0 spiro atoms. The third kappa shape index (κ3) is 6.02. The molecule has 4 rings (SSSR count). The predicted octanol–water partition coefficient (Wildman–Crippen LogP) is 4.84. The molecule has 2 heterocycles. The van der Waals surface area contributed by atoms with Gasteiger partial charge in [0.15, 0.2) is 5.78 Å². The molecule has 37 heavy (non-hydrogen) atoms. The van der Waals surface area contributed by atoms with Gasteiger partial charge in [0, 0.05) is 31.9 Å². The van der Waals surface area contributed by atoms with Gasteiger partial charge < -0.3 is 0 Å². The van der Waals surface area contributed by atoms with Gasteiger partial charge in [0.25, 0.3) is 5.92 Å². The lowest BCUT2D eigenvalue weighted by atomic mass is 10.00. The number of alkyl halides is 3. The minimum Gasteiger partial charge on any atom is -0.298 e.